The van der Waals surface area contributed by atoms with E-state index in [1.807, 2.05) is 0 Å². The van der Waals surface area contributed by atoms with Crippen molar-refractivity contribution < 1.29 is 18.6 Å². The van der Waals surface area contributed by atoms with Gasteiger partial charge in [0.25, 0.3) is 0 Å². The highest BCUT2D eigenvalue weighted by molar-refractivity contribution is 6.56. The SMILES string of the molecule is CC1(C)OB(C2CCCCC2(B2OC(C)(C)C(C)(C)O2)c2ccccc2)OC1(C)C. The van der Waals surface area contributed by atoms with Crippen LogP contribution in [0.4, 0.5) is 0 Å². The van der Waals surface area contributed by atoms with E-state index in [-0.39, 0.29) is 47.8 Å². The van der Waals surface area contributed by atoms with E-state index in [0.717, 1.165) is 19.3 Å². The van der Waals surface area contributed by atoms with Gasteiger partial charge in [-0.05, 0) is 67.4 Å². The van der Waals surface area contributed by atoms with Crippen LogP contribution in [-0.2, 0) is 23.9 Å². The number of hydrogen-bond acceptors (Lipinski definition) is 4. The fraction of sp³-hybridized carbons (Fsp3) is 0.750. The molecule has 1 saturated carbocycles. The van der Waals surface area contributed by atoms with Crippen molar-refractivity contribution in [2.45, 2.75) is 115 Å². The van der Waals surface area contributed by atoms with Crippen molar-refractivity contribution in [2.24, 2.45) is 0 Å². The van der Waals surface area contributed by atoms with Crippen molar-refractivity contribution in [3.63, 3.8) is 0 Å². The van der Waals surface area contributed by atoms with Crippen LogP contribution in [0.2, 0.25) is 5.82 Å². The molecule has 0 spiro atoms. The molecular weight excluding hydrogens is 374 g/mol. The van der Waals surface area contributed by atoms with Crippen LogP contribution in [0.1, 0.15) is 86.6 Å². The first-order chi connectivity index (χ1) is 13.8. The largest absolute Gasteiger partial charge is 0.468 e. The number of hydrogen-bond donors (Lipinski definition) is 0. The van der Waals surface area contributed by atoms with Crippen molar-refractivity contribution in [1.82, 2.24) is 0 Å². The standard InChI is InChI=1S/C24H38B2O4/c1-20(2)21(3,4)28-25(27-20)19-16-12-13-17-24(19,18-14-10-9-11-15-18)26-29-22(5,6)23(7,8)30-26/h9-11,14-15,19H,12-13,16-17H2,1-8H3. The number of rotatable bonds is 3. The Bertz CT molecular complexity index is 745. The van der Waals surface area contributed by atoms with Gasteiger partial charge in [-0.3, -0.25) is 0 Å². The highest BCUT2D eigenvalue weighted by Gasteiger charge is 2.67. The summed E-state index contributed by atoms with van der Waals surface area (Å²) in [5.41, 5.74) is -0.196. The van der Waals surface area contributed by atoms with E-state index in [9.17, 15) is 0 Å². The first-order valence-electron chi connectivity index (χ1n) is 11.6. The van der Waals surface area contributed by atoms with Crippen LogP contribution >= 0.6 is 0 Å². The molecule has 2 atom stereocenters. The fourth-order valence-corrected chi connectivity index (χ4v) is 5.25. The third kappa shape index (κ3) is 3.30. The lowest BCUT2D eigenvalue weighted by atomic mass is 9.37. The molecule has 3 aliphatic rings. The molecule has 30 heavy (non-hydrogen) atoms. The lowest BCUT2D eigenvalue weighted by Crippen LogP contribution is -2.55. The number of benzene rings is 1. The van der Waals surface area contributed by atoms with Crippen LogP contribution in [0.5, 0.6) is 0 Å². The van der Waals surface area contributed by atoms with Gasteiger partial charge in [0.15, 0.2) is 0 Å². The van der Waals surface area contributed by atoms with Crippen LogP contribution in [0.15, 0.2) is 30.3 Å². The Morgan fingerprint density at radius 3 is 1.73 bits per heavy atom. The van der Waals surface area contributed by atoms with Crippen LogP contribution in [0, 0.1) is 0 Å². The molecule has 1 aromatic rings. The van der Waals surface area contributed by atoms with Gasteiger partial charge in [0.2, 0.25) is 0 Å². The van der Waals surface area contributed by atoms with Crippen LogP contribution in [0.3, 0.4) is 0 Å². The van der Waals surface area contributed by atoms with Crippen molar-refractivity contribution in [1.29, 1.82) is 0 Å². The summed E-state index contributed by atoms with van der Waals surface area (Å²) >= 11 is 0. The van der Waals surface area contributed by atoms with Gasteiger partial charge in [-0.25, -0.2) is 0 Å². The molecule has 6 heteroatoms. The molecule has 0 amide bonds. The highest BCUT2D eigenvalue weighted by atomic mass is 16.7. The Kier molecular flexibility index (Phi) is 5.30. The first-order valence-corrected chi connectivity index (χ1v) is 11.6. The molecule has 4 nitrogen and oxygen atoms in total. The van der Waals surface area contributed by atoms with Gasteiger partial charge in [0, 0.05) is 11.1 Å². The normalized spacial score (nSPS) is 34.3. The van der Waals surface area contributed by atoms with Crippen molar-refractivity contribution in [2.75, 3.05) is 0 Å². The Morgan fingerprint density at radius 2 is 1.20 bits per heavy atom. The van der Waals surface area contributed by atoms with E-state index in [1.165, 1.54) is 12.0 Å². The minimum absolute atomic E-state index is 0.157. The maximum absolute atomic E-state index is 6.72. The average Bonchev–Trinajstić information content (AvgIpc) is 3.02. The smallest absolute Gasteiger partial charge is 0.403 e. The molecule has 3 fully saturated rings. The zero-order chi connectivity index (χ0) is 22.0. The van der Waals surface area contributed by atoms with Crippen molar-refractivity contribution in [3.8, 4) is 0 Å². The Labute approximate surface area is 183 Å². The minimum atomic E-state index is -0.378. The van der Waals surface area contributed by atoms with E-state index in [4.69, 9.17) is 18.6 Å². The zero-order valence-corrected chi connectivity index (χ0v) is 20.1. The van der Waals surface area contributed by atoms with Crippen molar-refractivity contribution >= 4 is 14.2 Å². The third-order valence-electron chi connectivity index (χ3n) is 8.60. The molecule has 2 saturated heterocycles. The van der Waals surface area contributed by atoms with Gasteiger partial charge in [0.05, 0.1) is 22.4 Å². The predicted octanol–water partition coefficient (Wildman–Crippen LogP) is 5.59. The molecule has 0 radical (unpaired) electrons. The summed E-state index contributed by atoms with van der Waals surface area (Å²) in [6.07, 6.45) is 4.36. The van der Waals surface area contributed by atoms with Gasteiger partial charge in [-0.15, -0.1) is 0 Å². The molecule has 2 unspecified atom stereocenters. The molecule has 0 aromatic heterocycles. The molecule has 0 N–H and O–H groups in total. The maximum Gasteiger partial charge on any atom is 0.468 e. The van der Waals surface area contributed by atoms with Gasteiger partial charge in [0.1, 0.15) is 0 Å². The predicted molar refractivity (Wildman–Crippen MR) is 123 cm³/mol. The second-order valence-corrected chi connectivity index (χ2v) is 11.5. The maximum atomic E-state index is 6.72. The van der Waals surface area contributed by atoms with E-state index >= 15 is 0 Å². The van der Waals surface area contributed by atoms with Crippen LogP contribution in [-0.4, -0.2) is 36.6 Å². The topological polar surface area (TPSA) is 36.9 Å². The molecule has 164 valence electrons. The fourth-order valence-electron chi connectivity index (χ4n) is 5.25. The molecule has 2 heterocycles. The van der Waals surface area contributed by atoms with E-state index < -0.39 is 0 Å². The summed E-state index contributed by atoms with van der Waals surface area (Å²) in [7, 11) is -0.622. The van der Waals surface area contributed by atoms with E-state index in [1.54, 1.807) is 0 Å². The highest BCUT2D eigenvalue weighted by Crippen LogP contribution is 2.57. The van der Waals surface area contributed by atoms with Gasteiger partial charge in [-0.1, -0.05) is 49.6 Å². The van der Waals surface area contributed by atoms with Crippen LogP contribution < -0.4 is 0 Å². The molecule has 1 aromatic carbocycles. The lowest BCUT2D eigenvalue weighted by Gasteiger charge is -2.46. The Balaban J connectivity index is 1.81. The average molecular weight is 412 g/mol. The van der Waals surface area contributed by atoms with Crippen molar-refractivity contribution in [3.05, 3.63) is 35.9 Å². The Hall–Kier alpha value is -0.810. The summed E-state index contributed by atoms with van der Waals surface area (Å²) in [5, 5.41) is -0.314. The summed E-state index contributed by atoms with van der Waals surface area (Å²) in [6.45, 7) is 17.1. The summed E-state index contributed by atoms with van der Waals surface area (Å²) in [5.74, 6) is 0.157. The molecule has 0 bridgehead atoms. The van der Waals surface area contributed by atoms with Gasteiger partial charge in [-0.2, -0.15) is 0 Å². The summed E-state index contributed by atoms with van der Waals surface area (Å²) in [4.78, 5) is 0. The van der Waals surface area contributed by atoms with Crippen LogP contribution in [0.25, 0.3) is 0 Å². The Morgan fingerprint density at radius 1 is 0.700 bits per heavy atom. The van der Waals surface area contributed by atoms with E-state index in [2.05, 4.69) is 85.7 Å². The van der Waals surface area contributed by atoms with E-state index in [0.29, 0.717) is 0 Å². The quantitative estimate of drug-likeness (QED) is 0.607. The lowest BCUT2D eigenvalue weighted by molar-refractivity contribution is 0.00578. The second kappa shape index (κ2) is 7.10. The molecule has 2 aliphatic heterocycles. The summed E-state index contributed by atoms with van der Waals surface area (Å²) in [6, 6.07) is 10.8. The van der Waals surface area contributed by atoms with Gasteiger partial charge >= 0.3 is 14.2 Å². The first kappa shape index (κ1) is 22.4. The minimum Gasteiger partial charge on any atom is -0.403 e. The third-order valence-corrected chi connectivity index (χ3v) is 8.60. The molecule has 4 rings (SSSR count). The second-order valence-electron chi connectivity index (χ2n) is 11.5. The monoisotopic (exact) mass is 412 g/mol. The summed E-state index contributed by atoms with van der Waals surface area (Å²) < 4.78 is 26.7. The molecule has 1 aliphatic carbocycles. The molecular formula is C24H38B2O4. The van der Waals surface area contributed by atoms with Gasteiger partial charge < -0.3 is 18.6 Å². The zero-order valence-electron chi connectivity index (χ0n) is 20.1.